The number of unbranched alkanes of at least 4 members (excludes halogenated alkanes) is 1. The van der Waals surface area contributed by atoms with Gasteiger partial charge in [-0.2, -0.15) is 0 Å². The highest BCUT2D eigenvalue weighted by Crippen LogP contribution is 2.01. The molecule has 5 nitrogen and oxygen atoms in total. The first kappa shape index (κ1) is 13.9. The molecule has 5 heteroatoms. The van der Waals surface area contributed by atoms with Crippen molar-refractivity contribution in [2.45, 2.75) is 51.6 Å². The molecule has 0 aromatic rings. The van der Waals surface area contributed by atoms with Crippen LogP contribution in [0.2, 0.25) is 0 Å². The molecule has 15 heavy (non-hydrogen) atoms. The number of carbonyl (C=O) groups excluding carboxylic acids is 1. The molecule has 0 aliphatic rings. The van der Waals surface area contributed by atoms with Crippen LogP contribution in [0.1, 0.15) is 39.5 Å². The maximum atomic E-state index is 11.4. The second-order valence-electron chi connectivity index (χ2n) is 3.56. The molecule has 2 atom stereocenters. The van der Waals surface area contributed by atoms with Crippen LogP contribution >= 0.6 is 0 Å². The van der Waals surface area contributed by atoms with Crippen LogP contribution in [0.15, 0.2) is 0 Å². The first-order valence-corrected chi connectivity index (χ1v) is 5.31. The maximum Gasteiger partial charge on any atom is 0.326 e. The van der Waals surface area contributed by atoms with Crippen molar-refractivity contribution in [1.29, 1.82) is 0 Å². The number of carbonyl (C=O) groups is 2. The average Bonchev–Trinajstić information content (AvgIpc) is 2.22. The van der Waals surface area contributed by atoms with E-state index in [4.69, 9.17) is 10.8 Å². The molecule has 0 spiro atoms. The lowest BCUT2D eigenvalue weighted by Crippen LogP contribution is -2.48. The Labute approximate surface area is 90.0 Å². The number of carboxylic acids is 1. The molecule has 1 amide bonds. The van der Waals surface area contributed by atoms with Gasteiger partial charge in [-0.05, 0) is 12.8 Å². The number of carboxylic acid groups (broad SMARTS) is 1. The van der Waals surface area contributed by atoms with Crippen LogP contribution in [0, 0.1) is 0 Å². The zero-order chi connectivity index (χ0) is 11.8. The van der Waals surface area contributed by atoms with Crippen LogP contribution in [0.25, 0.3) is 0 Å². The van der Waals surface area contributed by atoms with Crippen molar-refractivity contribution in [3.05, 3.63) is 0 Å². The Hall–Kier alpha value is -1.10. The van der Waals surface area contributed by atoms with E-state index in [0.29, 0.717) is 12.8 Å². The molecule has 0 heterocycles. The summed E-state index contributed by atoms with van der Waals surface area (Å²) < 4.78 is 0. The van der Waals surface area contributed by atoms with E-state index in [2.05, 4.69) is 5.32 Å². The topological polar surface area (TPSA) is 92.4 Å². The quantitative estimate of drug-likeness (QED) is 0.577. The van der Waals surface area contributed by atoms with Crippen molar-refractivity contribution >= 4 is 11.9 Å². The zero-order valence-corrected chi connectivity index (χ0v) is 9.32. The van der Waals surface area contributed by atoms with E-state index in [1.807, 2.05) is 6.92 Å². The fourth-order valence-electron chi connectivity index (χ4n) is 1.13. The number of aliphatic carboxylic acids is 1. The van der Waals surface area contributed by atoms with Crippen LogP contribution in [-0.2, 0) is 9.59 Å². The van der Waals surface area contributed by atoms with Crippen molar-refractivity contribution < 1.29 is 14.7 Å². The van der Waals surface area contributed by atoms with E-state index < -0.39 is 18.1 Å². The second-order valence-corrected chi connectivity index (χ2v) is 3.56. The summed E-state index contributed by atoms with van der Waals surface area (Å²) in [6.07, 6.45) is 2.64. The van der Waals surface area contributed by atoms with E-state index >= 15 is 0 Å². The Kier molecular flexibility index (Phi) is 6.70. The molecule has 4 N–H and O–H groups in total. The standard InChI is InChI=1S/C10H20N2O3/c1-3-5-6-8(10(14)15)12-9(13)7(11)4-2/h7-8H,3-6,11H2,1-2H3,(H,12,13)(H,14,15)/t7-,8?/m0/s1. The molecular weight excluding hydrogens is 196 g/mol. The Morgan fingerprint density at radius 3 is 2.40 bits per heavy atom. The average molecular weight is 216 g/mol. The minimum Gasteiger partial charge on any atom is -0.480 e. The van der Waals surface area contributed by atoms with Crippen molar-refractivity contribution in [3.63, 3.8) is 0 Å². The van der Waals surface area contributed by atoms with Crippen LogP contribution < -0.4 is 11.1 Å². The summed E-state index contributed by atoms with van der Waals surface area (Å²) >= 11 is 0. The molecule has 0 fully saturated rings. The maximum absolute atomic E-state index is 11.4. The van der Waals surface area contributed by atoms with Crippen molar-refractivity contribution in [3.8, 4) is 0 Å². The van der Waals surface area contributed by atoms with Crippen LogP contribution in [0.4, 0.5) is 0 Å². The highest BCUT2D eigenvalue weighted by Gasteiger charge is 2.21. The lowest BCUT2D eigenvalue weighted by Gasteiger charge is -2.16. The predicted molar refractivity (Wildman–Crippen MR) is 57.4 cm³/mol. The second kappa shape index (κ2) is 7.23. The summed E-state index contributed by atoms with van der Waals surface area (Å²) in [6, 6.07) is -1.43. The number of hydrogen-bond acceptors (Lipinski definition) is 3. The van der Waals surface area contributed by atoms with Gasteiger partial charge in [0.1, 0.15) is 6.04 Å². The van der Waals surface area contributed by atoms with Crippen molar-refractivity contribution in [1.82, 2.24) is 5.32 Å². The van der Waals surface area contributed by atoms with Gasteiger partial charge in [0, 0.05) is 0 Å². The molecule has 0 rings (SSSR count). The summed E-state index contributed by atoms with van der Waals surface area (Å²) in [6.45, 7) is 3.75. The van der Waals surface area contributed by atoms with Gasteiger partial charge in [-0.15, -0.1) is 0 Å². The number of rotatable bonds is 7. The van der Waals surface area contributed by atoms with Crippen LogP contribution in [0.3, 0.4) is 0 Å². The predicted octanol–water partition coefficient (Wildman–Crippen LogP) is 0.483. The summed E-state index contributed by atoms with van der Waals surface area (Å²) in [7, 11) is 0. The molecule has 0 aliphatic heterocycles. The van der Waals surface area contributed by atoms with E-state index in [-0.39, 0.29) is 5.91 Å². The van der Waals surface area contributed by atoms with Gasteiger partial charge in [0.2, 0.25) is 5.91 Å². The molecular formula is C10H20N2O3. The fraction of sp³-hybridized carbons (Fsp3) is 0.800. The van der Waals surface area contributed by atoms with Gasteiger partial charge in [0.15, 0.2) is 0 Å². The highest BCUT2D eigenvalue weighted by molar-refractivity contribution is 5.86. The molecule has 0 saturated carbocycles. The first-order valence-electron chi connectivity index (χ1n) is 5.31. The number of hydrogen-bond donors (Lipinski definition) is 3. The van der Waals surface area contributed by atoms with Gasteiger partial charge >= 0.3 is 5.97 Å². The number of nitrogens with one attached hydrogen (secondary N) is 1. The molecule has 1 unspecified atom stereocenters. The Balaban J connectivity index is 4.16. The van der Waals surface area contributed by atoms with Crippen LogP contribution in [0.5, 0.6) is 0 Å². The minimum atomic E-state index is -1.000. The number of nitrogens with two attached hydrogens (primary N) is 1. The van der Waals surface area contributed by atoms with Crippen molar-refractivity contribution in [2.24, 2.45) is 5.73 Å². The summed E-state index contributed by atoms with van der Waals surface area (Å²) in [5.74, 6) is -1.39. The van der Waals surface area contributed by atoms with Gasteiger partial charge in [-0.3, -0.25) is 4.79 Å². The van der Waals surface area contributed by atoms with Crippen molar-refractivity contribution in [2.75, 3.05) is 0 Å². The molecule has 0 bridgehead atoms. The molecule has 0 aromatic heterocycles. The molecule has 0 aliphatic carbocycles. The Morgan fingerprint density at radius 2 is 2.00 bits per heavy atom. The first-order chi connectivity index (χ1) is 7.02. The number of amides is 1. The third-order valence-electron chi connectivity index (χ3n) is 2.24. The fourth-order valence-corrected chi connectivity index (χ4v) is 1.13. The highest BCUT2D eigenvalue weighted by atomic mass is 16.4. The van der Waals surface area contributed by atoms with E-state index in [1.165, 1.54) is 0 Å². The monoisotopic (exact) mass is 216 g/mol. The lowest BCUT2D eigenvalue weighted by molar-refractivity contribution is -0.142. The lowest BCUT2D eigenvalue weighted by atomic mass is 10.1. The zero-order valence-electron chi connectivity index (χ0n) is 9.32. The summed E-state index contributed by atoms with van der Waals surface area (Å²) in [5, 5.41) is 11.3. The third-order valence-corrected chi connectivity index (χ3v) is 2.24. The smallest absolute Gasteiger partial charge is 0.326 e. The van der Waals surface area contributed by atoms with E-state index in [0.717, 1.165) is 12.8 Å². The molecule has 0 saturated heterocycles. The van der Waals surface area contributed by atoms with Gasteiger partial charge in [-0.1, -0.05) is 26.7 Å². The van der Waals surface area contributed by atoms with Gasteiger partial charge < -0.3 is 16.2 Å². The minimum absolute atomic E-state index is 0.388. The SMILES string of the molecule is CCCCC(NC(=O)[C@@H](N)CC)C(=O)O. The summed E-state index contributed by atoms with van der Waals surface area (Å²) in [5.41, 5.74) is 5.49. The Morgan fingerprint density at radius 1 is 1.40 bits per heavy atom. The van der Waals surface area contributed by atoms with E-state index in [1.54, 1.807) is 6.92 Å². The molecule has 0 aromatic carbocycles. The molecule has 0 radical (unpaired) electrons. The Bertz CT molecular complexity index is 219. The van der Waals surface area contributed by atoms with Gasteiger partial charge in [-0.25, -0.2) is 4.79 Å². The largest absolute Gasteiger partial charge is 0.480 e. The van der Waals surface area contributed by atoms with Crippen LogP contribution in [-0.4, -0.2) is 29.1 Å². The van der Waals surface area contributed by atoms with Gasteiger partial charge in [0.05, 0.1) is 6.04 Å². The third kappa shape index (κ3) is 5.37. The van der Waals surface area contributed by atoms with E-state index in [9.17, 15) is 9.59 Å². The molecule has 88 valence electrons. The summed E-state index contributed by atoms with van der Waals surface area (Å²) in [4.78, 5) is 22.1. The van der Waals surface area contributed by atoms with Gasteiger partial charge in [0.25, 0.3) is 0 Å². The normalized spacial score (nSPS) is 14.3.